The number of carbonyl (C=O) groups excluding carboxylic acids is 1. The summed E-state index contributed by atoms with van der Waals surface area (Å²) < 4.78 is 13.8. The Morgan fingerprint density at radius 1 is 1.10 bits per heavy atom. The maximum atomic E-state index is 13.8. The molecule has 0 radical (unpaired) electrons. The van der Waals surface area contributed by atoms with Gasteiger partial charge in [-0.25, -0.2) is 4.39 Å². The van der Waals surface area contributed by atoms with Crippen molar-refractivity contribution in [1.29, 1.82) is 0 Å². The highest BCUT2D eigenvalue weighted by molar-refractivity contribution is 5.97. The standard InChI is InChI=1S/C15H11FN4O/c1-10(21)14-12(16)8-5-9-13(14)20-18-15(17-19-20)11-6-3-2-4-7-11/h2-9H,1H3. The Balaban J connectivity index is 2.09. The van der Waals surface area contributed by atoms with Gasteiger partial charge in [-0.15, -0.1) is 15.0 Å². The molecule has 0 saturated carbocycles. The Hall–Kier alpha value is -2.89. The number of hydrogen-bond acceptors (Lipinski definition) is 4. The molecule has 0 spiro atoms. The van der Waals surface area contributed by atoms with Crippen molar-refractivity contribution in [3.05, 3.63) is 59.9 Å². The van der Waals surface area contributed by atoms with Crippen LogP contribution < -0.4 is 0 Å². The van der Waals surface area contributed by atoms with Crippen LogP contribution in [-0.2, 0) is 0 Å². The van der Waals surface area contributed by atoms with Crippen LogP contribution in [0.4, 0.5) is 4.39 Å². The molecule has 1 heterocycles. The van der Waals surface area contributed by atoms with Crippen LogP contribution in [0.5, 0.6) is 0 Å². The Bertz CT molecular complexity index is 798. The third kappa shape index (κ3) is 2.43. The molecule has 104 valence electrons. The summed E-state index contributed by atoms with van der Waals surface area (Å²) in [5.74, 6) is -0.574. The van der Waals surface area contributed by atoms with Gasteiger partial charge in [0.15, 0.2) is 5.78 Å². The Labute approximate surface area is 120 Å². The molecule has 0 unspecified atom stereocenters. The number of benzene rings is 2. The molecule has 21 heavy (non-hydrogen) atoms. The van der Waals surface area contributed by atoms with Crippen LogP contribution in [0.1, 0.15) is 17.3 Å². The van der Waals surface area contributed by atoms with Gasteiger partial charge in [0.2, 0.25) is 5.82 Å². The predicted octanol–water partition coefficient (Wildman–Crippen LogP) is 2.67. The van der Waals surface area contributed by atoms with Crippen molar-refractivity contribution in [3.8, 4) is 17.1 Å². The highest BCUT2D eigenvalue weighted by atomic mass is 19.1. The number of tetrazole rings is 1. The fraction of sp³-hybridized carbons (Fsp3) is 0.0667. The number of carbonyl (C=O) groups is 1. The molecule has 0 atom stereocenters. The maximum Gasteiger partial charge on any atom is 0.205 e. The molecular formula is C15H11FN4O. The molecule has 0 saturated heterocycles. The zero-order valence-corrected chi connectivity index (χ0v) is 11.2. The van der Waals surface area contributed by atoms with E-state index < -0.39 is 5.82 Å². The van der Waals surface area contributed by atoms with Crippen molar-refractivity contribution in [2.75, 3.05) is 0 Å². The summed E-state index contributed by atoms with van der Waals surface area (Å²) in [6.07, 6.45) is 0. The average molecular weight is 282 g/mol. The average Bonchev–Trinajstić information content (AvgIpc) is 2.97. The minimum atomic E-state index is -0.599. The highest BCUT2D eigenvalue weighted by Crippen LogP contribution is 2.19. The molecule has 0 aliphatic carbocycles. The van der Waals surface area contributed by atoms with Gasteiger partial charge < -0.3 is 0 Å². The van der Waals surface area contributed by atoms with Crippen LogP contribution >= 0.6 is 0 Å². The summed E-state index contributed by atoms with van der Waals surface area (Å²) in [6, 6.07) is 13.6. The van der Waals surface area contributed by atoms with Gasteiger partial charge in [-0.05, 0) is 24.3 Å². The van der Waals surface area contributed by atoms with E-state index in [1.54, 1.807) is 6.07 Å². The van der Waals surface area contributed by atoms with Crippen molar-refractivity contribution < 1.29 is 9.18 Å². The third-order valence-electron chi connectivity index (χ3n) is 3.00. The quantitative estimate of drug-likeness (QED) is 0.693. The molecule has 0 aliphatic rings. The van der Waals surface area contributed by atoms with E-state index in [0.29, 0.717) is 5.82 Å². The van der Waals surface area contributed by atoms with Crippen molar-refractivity contribution in [2.24, 2.45) is 0 Å². The van der Waals surface area contributed by atoms with Gasteiger partial charge >= 0.3 is 0 Å². The van der Waals surface area contributed by atoms with E-state index in [-0.39, 0.29) is 17.0 Å². The second-order valence-corrected chi connectivity index (χ2v) is 4.46. The molecule has 5 nitrogen and oxygen atoms in total. The molecule has 0 bridgehead atoms. The Morgan fingerprint density at radius 2 is 1.86 bits per heavy atom. The predicted molar refractivity (Wildman–Crippen MR) is 74.6 cm³/mol. The first kappa shape index (κ1) is 13.1. The van der Waals surface area contributed by atoms with Gasteiger partial charge in [-0.2, -0.15) is 0 Å². The monoisotopic (exact) mass is 282 g/mol. The molecule has 0 amide bonds. The highest BCUT2D eigenvalue weighted by Gasteiger charge is 2.17. The topological polar surface area (TPSA) is 60.7 Å². The largest absolute Gasteiger partial charge is 0.294 e. The third-order valence-corrected chi connectivity index (χ3v) is 3.00. The molecule has 3 aromatic rings. The summed E-state index contributed by atoms with van der Waals surface area (Å²) >= 11 is 0. The van der Waals surface area contributed by atoms with Gasteiger partial charge in [0.1, 0.15) is 11.5 Å². The molecule has 2 aromatic carbocycles. The van der Waals surface area contributed by atoms with Crippen LogP contribution in [0.2, 0.25) is 0 Å². The second-order valence-electron chi connectivity index (χ2n) is 4.46. The van der Waals surface area contributed by atoms with Gasteiger partial charge in [-0.3, -0.25) is 4.79 Å². The summed E-state index contributed by atoms with van der Waals surface area (Å²) in [6.45, 7) is 1.30. The van der Waals surface area contributed by atoms with Crippen LogP contribution in [-0.4, -0.2) is 26.0 Å². The van der Waals surface area contributed by atoms with Crippen LogP contribution in [0.15, 0.2) is 48.5 Å². The van der Waals surface area contributed by atoms with E-state index >= 15 is 0 Å². The van der Waals surface area contributed by atoms with E-state index in [9.17, 15) is 9.18 Å². The fourth-order valence-electron chi connectivity index (χ4n) is 2.05. The minimum Gasteiger partial charge on any atom is -0.294 e. The lowest BCUT2D eigenvalue weighted by molar-refractivity contribution is 0.101. The zero-order chi connectivity index (χ0) is 14.8. The minimum absolute atomic E-state index is 0.0467. The van der Waals surface area contributed by atoms with Crippen molar-refractivity contribution in [1.82, 2.24) is 20.2 Å². The first-order chi connectivity index (χ1) is 10.2. The first-order valence-electron chi connectivity index (χ1n) is 6.32. The van der Waals surface area contributed by atoms with E-state index in [0.717, 1.165) is 5.56 Å². The van der Waals surface area contributed by atoms with Gasteiger partial charge in [0, 0.05) is 5.56 Å². The maximum absolute atomic E-state index is 13.8. The number of rotatable bonds is 3. The first-order valence-corrected chi connectivity index (χ1v) is 6.32. The molecule has 0 fully saturated rings. The number of nitrogens with zero attached hydrogens (tertiary/aromatic N) is 4. The molecule has 3 rings (SSSR count). The van der Waals surface area contributed by atoms with E-state index in [2.05, 4.69) is 15.4 Å². The van der Waals surface area contributed by atoms with Crippen molar-refractivity contribution in [3.63, 3.8) is 0 Å². The lowest BCUT2D eigenvalue weighted by atomic mass is 10.1. The molecule has 1 aromatic heterocycles. The fourth-order valence-corrected chi connectivity index (χ4v) is 2.05. The summed E-state index contributed by atoms with van der Waals surface area (Å²) in [7, 11) is 0. The SMILES string of the molecule is CC(=O)c1c(F)cccc1-n1nnc(-c2ccccc2)n1. The molecular weight excluding hydrogens is 271 g/mol. The van der Waals surface area contributed by atoms with E-state index in [1.165, 1.54) is 23.9 Å². The zero-order valence-electron chi connectivity index (χ0n) is 11.2. The molecule has 0 aliphatic heterocycles. The van der Waals surface area contributed by atoms with Crippen LogP contribution in [0.25, 0.3) is 17.1 Å². The Morgan fingerprint density at radius 3 is 2.57 bits per heavy atom. The summed E-state index contributed by atoms with van der Waals surface area (Å²) in [5, 5.41) is 12.1. The van der Waals surface area contributed by atoms with Gasteiger partial charge in [0.25, 0.3) is 0 Å². The van der Waals surface area contributed by atoms with Gasteiger partial charge in [0.05, 0.1) is 5.56 Å². The summed E-state index contributed by atoms with van der Waals surface area (Å²) in [4.78, 5) is 12.8. The van der Waals surface area contributed by atoms with E-state index in [1.807, 2.05) is 30.3 Å². The number of halogens is 1. The lowest BCUT2D eigenvalue weighted by Gasteiger charge is -2.05. The number of aromatic nitrogens is 4. The number of hydrogen-bond donors (Lipinski definition) is 0. The Kier molecular flexibility index (Phi) is 3.27. The number of ketones is 1. The molecule has 0 N–H and O–H groups in total. The second kappa shape index (κ2) is 5.24. The normalized spacial score (nSPS) is 10.6. The van der Waals surface area contributed by atoms with Crippen molar-refractivity contribution >= 4 is 5.78 Å². The van der Waals surface area contributed by atoms with Crippen LogP contribution in [0.3, 0.4) is 0 Å². The van der Waals surface area contributed by atoms with E-state index in [4.69, 9.17) is 0 Å². The van der Waals surface area contributed by atoms with Crippen molar-refractivity contribution in [2.45, 2.75) is 6.92 Å². The molecule has 6 heteroatoms. The van der Waals surface area contributed by atoms with Gasteiger partial charge in [-0.1, -0.05) is 36.4 Å². The number of Topliss-reactive ketones (excluding diaryl/α,β-unsaturated/α-hetero) is 1. The van der Waals surface area contributed by atoms with Crippen LogP contribution in [0, 0.1) is 5.82 Å². The summed E-state index contributed by atoms with van der Waals surface area (Å²) in [5.41, 5.74) is 1.02. The lowest BCUT2D eigenvalue weighted by Crippen LogP contribution is -2.08. The smallest absolute Gasteiger partial charge is 0.205 e.